The number of carboxylic acid groups (broad SMARTS) is 1. The molecule has 1 aromatic carbocycles. The van der Waals surface area contributed by atoms with E-state index in [1.165, 1.54) is 10.9 Å². The molecule has 0 bridgehead atoms. The Morgan fingerprint density at radius 1 is 1.30 bits per heavy atom. The fourth-order valence-corrected chi connectivity index (χ4v) is 1.90. The van der Waals surface area contributed by atoms with E-state index in [4.69, 9.17) is 5.11 Å². The van der Waals surface area contributed by atoms with Crippen molar-refractivity contribution in [3.05, 3.63) is 53.3 Å². The van der Waals surface area contributed by atoms with Crippen molar-refractivity contribution in [2.75, 3.05) is 0 Å². The molecule has 2 aromatic rings. The highest BCUT2D eigenvalue weighted by molar-refractivity contribution is 6.03. The normalized spacial score (nSPS) is 11.9. The third-order valence-corrected chi connectivity index (χ3v) is 2.92. The van der Waals surface area contributed by atoms with Gasteiger partial charge >= 0.3 is 5.97 Å². The van der Waals surface area contributed by atoms with E-state index in [1.54, 1.807) is 7.05 Å². The number of aromatic carboxylic acids is 1. The second-order valence-corrected chi connectivity index (χ2v) is 4.48. The monoisotopic (exact) mass is 273 g/mol. The van der Waals surface area contributed by atoms with Crippen LogP contribution in [0.3, 0.4) is 0 Å². The number of rotatable bonds is 4. The minimum Gasteiger partial charge on any atom is -0.478 e. The molecule has 6 heteroatoms. The van der Waals surface area contributed by atoms with E-state index < -0.39 is 11.9 Å². The third kappa shape index (κ3) is 2.85. The number of amides is 1. The number of carboxylic acids is 1. The molecule has 1 unspecified atom stereocenters. The predicted molar refractivity (Wildman–Crippen MR) is 72.5 cm³/mol. The quantitative estimate of drug-likeness (QED) is 0.886. The molecule has 6 nitrogen and oxygen atoms in total. The minimum atomic E-state index is -1.17. The Bertz CT molecular complexity index is 634. The van der Waals surface area contributed by atoms with Crippen molar-refractivity contribution < 1.29 is 14.7 Å². The highest BCUT2D eigenvalue weighted by Crippen LogP contribution is 2.13. The van der Waals surface area contributed by atoms with Crippen molar-refractivity contribution in [3.63, 3.8) is 0 Å². The highest BCUT2D eigenvalue weighted by Gasteiger charge is 2.22. The maximum atomic E-state index is 12.1. The molecule has 20 heavy (non-hydrogen) atoms. The molecule has 0 spiro atoms. The molecule has 1 amide bonds. The summed E-state index contributed by atoms with van der Waals surface area (Å²) in [6, 6.07) is 9.19. The lowest BCUT2D eigenvalue weighted by Crippen LogP contribution is -2.28. The second kappa shape index (κ2) is 5.56. The number of nitrogens with one attached hydrogen (secondary N) is 1. The van der Waals surface area contributed by atoms with E-state index in [2.05, 4.69) is 10.4 Å². The first-order valence-corrected chi connectivity index (χ1v) is 6.11. The number of carbonyl (C=O) groups is 2. The van der Waals surface area contributed by atoms with Crippen LogP contribution in [-0.4, -0.2) is 26.8 Å². The maximum absolute atomic E-state index is 12.1. The van der Waals surface area contributed by atoms with Crippen LogP contribution in [0.4, 0.5) is 0 Å². The van der Waals surface area contributed by atoms with Gasteiger partial charge in [0.25, 0.3) is 5.91 Å². The molecule has 0 aliphatic heterocycles. The number of aromatic nitrogens is 2. The van der Waals surface area contributed by atoms with E-state index in [-0.39, 0.29) is 17.3 Å². The summed E-state index contributed by atoms with van der Waals surface area (Å²) in [5.74, 6) is -1.67. The second-order valence-electron chi connectivity index (χ2n) is 4.48. The van der Waals surface area contributed by atoms with Crippen molar-refractivity contribution in [2.45, 2.75) is 13.0 Å². The molecular weight excluding hydrogens is 258 g/mol. The predicted octanol–water partition coefficient (Wildman–Crippen LogP) is 1.61. The molecule has 0 aliphatic carbocycles. The molecule has 1 heterocycles. The molecular formula is C14H15N3O3. The minimum absolute atomic E-state index is 0.0808. The molecule has 2 N–H and O–H groups in total. The topological polar surface area (TPSA) is 84.2 Å². The zero-order valence-corrected chi connectivity index (χ0v) is 11.2. The number of aryl methyl sites for hydroxylation is 1. The summed E-state index contributed by atoms with van der Waals surface area (Å²) < 4.78 is 1.31. The van der Waals surface area contributed by atoms with Gasteiger partial charge in [0.1, 0.15) is 5.56 Å². The average molecular weight is 273 g/mol. The van der Waals surface area contributed by atoms with Crippen LogP contribution in [0, 0.1) is 0 Å². The van der Waals surface area contributed by atoms with Gasteiger partial charge in [0.15, 0.2) is 5.69 Å². The van der Waals surface area contributed by atoms with Crippen molar-refractivity contribution >= 4 is 11.9 Å². The number of nitrogens with zero attached hydrogens (tertiary/aromatic N) is 2. The molecule has 2 rings (SSSR count). The van der Waals surface area contributed by atoms with Crippen LogP contribution in [0.1, 0.15) is 39.4 Å². The van der Waals surface area contributed by atoms with Crippen LogP contribution in [0.2, 0.25) is 0 Å². The van der Waals surface area contributed by atoms with Crippen LogP contribution in [-0.2, 0) is 7.05 Å². The molecule has 1 atom stereocenters. The summed E-state index contributed by atoms with van der Waals surface area (Å²) in [6.07, 6.45) is 1.31. The van der Waals surface area contributed by atoms with Crippen molar-refractivity contribution in [1.82, 2.24) is 15.1 Å². The zero-order chi connectivity index (χ0) is 14.7. The van der Waals surface area contributed by atoms with Crippen LogP contribution >= 0.6 is 0 Å². The van der Waals surface area contributed by atoms with E-state index >= 15 is 0 Å². The summed E-state index contributed by atoms with van der Waals surface area (Å²) in [4.78, 5) is 23.2. The van der Waals surface area contributed by atoms with Crippen molar-refractivity contribution in [1.29, 1.82) is 0 Å². The number of benzene rings is 1. The van der Waals surface area contributed by atoms with Crippen LogP contribution in [0.25, 0.3) is 0 Å². The molecule has 0 radical (unpaired) electrons. The smallest absolute Gasteiger partial charge is 0.339 e. The van der Waals surface area contributed by atoms with Gasteiger partial charge in [-0.05, 0) is 12.5 Å². The summed E-state index contributed by atoms with van der Waals surface area (Å²) in [7, 11) is 1.57. The SMILES string of the molecule is CC(NC(=O)c1nn(C)cc1C(=O)O)c1ccccc1. The van der Waals surface area contributed by atoms with E-state index in [0.29, 0.717) is 0 Å². The summed E-state index contributed by atoms with van der Waals surface area (Å²) in [6.45, 7) is 1.83. The number of hydrogen-bond donors (Lipinski definition) is 2. The maximum Gasteiger partial charge on any atom is 0.339 e. The van der Waals surface area contributed by atoms with Crippen molar-refractivity contribution in [2.24, 2.45) is 7.05 Å². The van der Waals surface area contributed by atoms with Gasteiger partial charge in [-0.3, -0.25) is 9.48 Å². The standard InChI is InChI=1S/C14H15N3O3/c1-9(10-6-4-3-5-7-10)15-13(18)12-11(14(19)20)8-17(2)16-12/h3-9H,1-2H3,(H,15,18)(H,19,20). The molecule has 0 saturated heterocycles. The molecule has 0 fully saturated rings. The lowest BCUT2D eigenvalue weighted by atomic mass is 10.1. The molecule has 0 saturated carbocycles. The largest absolute Gasteiger partial charge is 0.478 e. The summed E-state index contributed by atoms with van der Waals surface area (Å²) in [5, 5.41) is 15.7. The van der Waals surface area contributed by atoms with Gasteiger partial charge in [-0.15, -0.1) is 0 Å². The van der Waals surface area contributed by atoms with Crippen molar-refractivity contribution in [3.8, 4) is 0 Å². The Hall–Kier alpha value is -2.63. The number of hydrogen-bond acceptors (Lipinski definition) is 3. The van der Waals surface area contributed by atoms with Crippen LogP contribution in [0.15, 0.2) is 36.5 Å². The van der Waals surface area contributed by atoms with Gasteiger partial charge in [0, 0.05) is 13.2 Å². The third-order valence-electron chi connectivity index (χ3n) is 2.92. The Balaban J connectivity index is 2.19. The molecule has 1 aromatic heterocycles. The van der Waals surface area contributed by atoms with Crippen LogP contribution in [0.5, 0.6) is 0 Å². The lowest BCUT2D eigenvalue weighted by molar-refractivity contribution is 0.0690. The lowest BCUT2D eigenvalue weighted by Gasteiger charge is -2.13. The summed E-state index contributed by atoms with van der Waals surface area (Å²) >= 11 is 0. The van der Waals surface area contributed by atoms with Gasteiger partial charge in [0.2, 0.25) is 0 Å². The van der Waals surface area contributed by atoms with Gasteiger partial charge in [-0.25, -0.2) is 4.79 Å². The highest BCUT2D eigenvalue weighted by atomic mass is 16.4. The fraction of sp³-hybridized carbons (Fsp3) is 0.214. The van der Waals surface area contributed by atoms with Gasteiger partial charge in [-0.1, -0.05) is 30.3 Å². The average Bonchev–Trinajstić information content (AvgIpc) is 2.82. The molecule has 0 aliphatic rings. The summed E-state index contributed by atoms with van der Waals surface area (Å²) in [5.41, 5.74) is 0.752. The first kappa shape index (κ1) is 13.8. The Kier molecular flexibility index (Phi) is 3.84. The first-order chi connectivity index (χ1) is 9.49. The van der Waals surface area contributed by atoms with Gasteiger partial charge in [0.05, 0.1) is 6.04 Å². The number of carbonyl (C=O) groups excluding carboxylic acids is 1. The van der Waals surface area contributed by atoms with Gasteiger partial charge in [-0.2, -0.15) is 5.10 Å². The van der Waals surface area contributed by atoms with Crippen LogP contribution < -0.4 is 5.32 Å². The molecule has 104 valence electrons. The zero-order valence-electron chi connectivity index (χ0n) is 11.2. The Labute approximate surface area is 116 Å². The Morgan fingerprint density at radius 3 is 2.55 bits per heavy atom. The van der Waals surface area contributed by atoms with E-state index in [9.17, 15) is 9.59 Å². The van der Waals surface area contributed by atoms with E-state index in [1.807, 2.05) is 37.3 Å². The van der Waals surface area contributed by atoms with E-state index in [0.717, 1.165) is 5.56 Å². The first-order valence-electron chi connectivity index (χ1n) is 6.11. The fourth-order valence-electron chi connectivity index (χ4n) is 1.90. The Morgan fingerprint density at radius 2 is 1.95 bits per heavy atom. The van der Waals surface area contributed by atoms with Gasteiger partial charge < -0.3 is 10.4 Å².